The molecule has 7 heteroatoms. The highest BCUT2D eigenvalue weighted by Gasteiger charge is 2.46. The fourth-order valence-corrected chi connectivity index (χ4v) is 7.19. The summed E-state index contributed by atoms with van der Waals surface area (Å²) in [5.74, 6) is -2.24. The summed E-state index contributed by atoms with van der Waals surface area (Å²) in [6.45, 7) is 6.68. The van der Waals surface area contributed by atoms with Crippen LogP contribution in [0.25, 0.3) is 0 Å². The third kappa shape index (κ3) is 3.80. The first kappa shape index (κ1) is 27.5. The van der Waals surface area contributed by atoms with E-state index in [1.165, 1.54) is 59.5 Å². The third-order valence-corrected chi connectivity index (χ3v) is 9.43. The number of fused-ring (bicyclic) bond motifs is 3. The number of rotatable bonds is 4. The molecule has 0 fully saturated rings. The van der Waals surface area contributed by atoms with Gasteiger partial charge < -0.3 is 0 Å². The summed E-state index contributed by atoms with van der Waals surface area (Å²) in [6, 6.07) is 19.0. The van der Waals surface area contributed by atoms with E-state index >= 15 is 0 Å². The van der Waals surface area contributed by atoms with Gasteiger partial charge in [-0.1, -0.05) is 63.3 Å². The minimum atomic E-state index is -0.490. The van der Waals surface area contributed by atoms with Crippen molar-refractivity contribution in [2.75, 3.05) is 7.05 Å². The molecule has 4 amide bonds. The van der Waals surface area contributed by atoms with Crippen LogP contribution in [-0.2, 0) is 10.8 Å². The van der Waals surface area contributed by atoms with Crippen LogP contribution in [0.1, 0.15) is 102 Å². The van der Waals surface area contributed by atoms with E-state index in [1.807, 2.05) is 30.4 Å². The molecule has 1 unspecified atom stereocenters. The highest BCUT2D eigenvalue weighted by molar-refractivity contribution is 6.24. The topological polar surface area (TPSA) is 91.8 Å². The molecule has 7 rings (SSSR count). The molecular formula is C37H28N2O5. The summed E-state index contributed by atoms with van der Waals surface area (Å²) in [4.78, 5) is 67.5. The molecule has 0 bridgehead atoms. The Hall–Kier alpha value is -5.35. The van der Waals surface area contributed by atoms with Crippen LogP contribution >= 0.6 is 0 Å². The normalized spacial score (nSPS) is 21.5. The lowest BCUT2D eigenvalue weighted by Gasteiger charge is -2.29. The van der Waals surface area contributed by atoms with E-state index in [0.29, 0.717) is 12.1 Å². The quantitative estimate of drug-likeness (QED) is 0.290. The van der Waals surface area contributed by atoms with Gasteiger partial charge in [0.05, 0.1) is 22.3 Å². The molecule has 0 saturated heterocycles. The molecule has 2 aliphatic carbocycles. The van der Waals surface area contributed by atoms with E-state index in [2.05, 4.69) is 39.0 Å². The summed E-state index contributed by atoms with van der Waals surface area (Å²) in [5, 5.41) is 0. The van der Waals surface area contributed by atoms with E-state index in [4.69, 9.17) is 0 Å². The van der Waals surface area contributed by atoms with Gasteiger partial charge in [-0.05, 0) is 71.0 Å². The van der Waals surface area contributed by atoms with Gasteiger partial charge in [0.2, 0.25) is 0 Å². The molecule has 0 spiro atoms. The van der Waals surface area contributed by atoms with Crippen molar-refractivity contribution in [3.8, 4) is 0 Å². The number of benzene rings is 2. The number of allylic oxidation sites excluding steroid dienone is 5. The Kier molecular flexibility index (Phi) is 5.82. The number of carbonyl (C=O) groups excluding carboxylic acids is 5. The van der Waals surface area contributed by atoms with Crippen LogP contribution in [0, 0.1) is 12.1 Å². The SMILES string of the molecule is CN1C(=O)c2ccc(C(=O)c3ccc4c(c3)C(=O)N(C3=CC=C(C5(C)CC(C)(C)c6cc#ccc65)C=CC3)C4=O)cc2C1=O. The molecule has 0 saturated carbocycles. The molecule has 0 radical (unpaired) electrons. The van der Waals surface area contributed by atoms with E-state index < -0.39 is 29.4 Å². The number of hydrogen-bond donors (Lipinski definition) is 0. The molecule has 216 valence electrons. The lowest BCUT2D eigenvalue weighted by Crippen LogP contribution is -2.28. The lowest BCUT2D eigenvalue weighted by atomic mass is 9.74. The van der Waals surface area contributed by atoms with Crippen molar-refractivity contribution in [3.05, 3.63) is 141 Å². The van der Waals surface area contributed by atoms with Gasteiger partial charge in [0, 0.05) is 35.7 Å². The number of carbonyl (C=O) groups is 5. The van der Waals surface area contributed by atoms with Crippen molar-refractivity contribution in [3.63, 3.8) is 0 Å². The van der Waals surface area contributed by atoms with Crippen LogP contribution in [0.5, 0.6) is 0 Å². The number of ketones is 1. The Morgan fingerprint density at radius 3 is 2.00 bits per heavy atom. The third-order valence-electron chi connectivity index (χ3n) is 9.43. The molecule has 0 aromatic heterocycles. The van der Waals surface area contributed by atoms with Crippen LogP contribution in [0.4, 0.5) is 0 Å². The Morgan fingerprint density at radius 1 is 0.750 bits per heavy atom. The fraction of sp³-hybridized carbons (Fsp3) is 0.216. The number of amides is 4. The lowest BCUT2D eigenvalue weighted by molar-refractivity contribution is 0.0681. The number of nitrogens with zero attached hydrogens (tertiary/aromatic N) is 2. The van der Waals surface area contributed by atoms with Crippen molar-refractivity contribution in [1.29, 1.82) is 0 Å². The van der Waals surface area contributed by atoms with E-state index in [-0.39, 0.29) is 44.2 Å². The Bertz CT molecular complexity index is 1980. The highest BCUT2D eigenvalue weighted by Crippen LogP contribution is 2.53. The molecule has 2 heterocycles. The summed E-state index contributed by atoms with van der Waals surface area (Å²) >= 11 is 0. The maximum atomic E-state index is 13.7. The second-order valence-corrected chi connectivity index (χ2v) is 12.6. The van der Waals surface area contributed by atoms with Gasteiger partial charge in [0.15, 0.2) is 5.78 Å². The Balaban J connectivity index is 1.18. The monoisotopic (exact) mass is 580 g/mol. The van der Waals surface area contributed by atoms with E-state index in [0.717, 1.165) is 16.9 Å². The second kappa shape index (κ2) is 9.32. The minimum Gasteiger partial charge on any atom is -0.289 e. The van der Waals surface area contributed by atoms with Crippen molar-refractivity contribution in [2.24, 2.45) is 0 Å². The summed E-state index contributed by atoms with van der Waals surface area (Å²) in [6.07, 6.45) is 9.18. The molecular weight excluding hydrogens is 552 g/mol. The molecule has 0 N–H and O–H groups in total. The largest absolute Gasteiger partial charge is 0.289 e. The predicted octanol–water partition coefficient (Wildman–Crippen LogP) is 5.75. The molecule has 3 aromatic rings. The van der Waals surface area contributed by atoms with Gasteiger partial charge in [-0.3, -0.25) is 28.9 Å². The molecule has 1 atom stereocenters. The fourth-order valence-electron chi connectivity index (χ4n) is 7.19. The van der Waals surface area contributed by atoms with Crippen LogP contribution in [0.3, 0.4) is 0 Å². The summed E-state index contributed by atoms with van der Waals surface area (Å²) < 4.78 is 0. The number of hydrogen-bond acceptors (Lipinski definition) is 5. The zero-order valence-corrected chi connectivity index (χ0v) is 24.8. The van der Waals surface area contributed by atoms with Crippen molar-refractivity contribution in [2.45, 2.75) is 44.4 Å². The van der Waals surface area contributed by atoms with Gasteiger partial charge in [-0.2, -0.15) is 0 Å². The molecule has 4 aliphatic rings. The van der Waals surface area contributed by atoms with Crippen LogP contribution in [0.2, 0.25) is 0 Å². The van der Waals surface area contributed by atoms with Gasteiger partial charge >= 0.3 is 0 Å². The highest BCUT2D eigenvalue weighted by atomic mass is 16.2. The predicted molar refractivity (Wildman–Crippen MR) is 162 cm³/mol. The zero-order chi connectivity index (χ0) is 31.1. The van der Waals surface area contributed by atoms with E-state index in [1.54, 1.807) is 0 Å². The first-order valence-electron chi connectivity index (χ1n) is 14.5. The van der Waals surface area contributed by atoms with Gasteiger partial charge in [0.25, 0.3) is 23.6 Å². The van der Waals surface area contributed by atoms with Gasteiger partial charge in [-0.15, -0.1) is 0 Å². The molecule has 7 nitrogen and oxygen atoms in total. The summed E-state index contributed by atoms with van der Waals surface area (Å²) in [7, 11) is 1.39. The maximum absolute atomic E-state index is 13.7. The average Bonchev–Trinajstić information content (AvgIpc) is 3.35. The van der Waals surface area contributed by atoms with Crippen LogP contribution in [0.15, 0.2) is 84.1 Å². The first-order chi connectivity index (χ1) is 20.9. The standard InChI is InChI=1S/C37H28N2O5/c1-36(2)20-37(3,30-11-6-5-10-29(30)36)23-8-7-9-24(15-14-23)39-34(43)26-17-13-22(19-28(26)35(39)44)31(40)21-12-16-25-27(18-21)33(42)38(4)32(25)41/h7-8,10-19H,9,20H2,1-4H3. The zero-order valence-electron chi connectivity index (χ0n) is 24.8. The van der Waals surface area contributed by atoms with Gasteiger partial charge in [-0.25, -0.2) is 4.90 Å². The average molecular weight is 581 g/mol. The van der Waals surface area contributed by atoms with E-state index in [9.17, 15) is 24.0 Å². The molecule has 2 aliphatic heterocycles. The van der Waals surface area contributed by atoms with Crippen LogP contribution in [-0.4, -0.2) is 46.3 Å². The maximum Gasteiger partial charge on any atom is 0.265 e. The van der Waals surface area contributed by atoms with Crippen molar-refractivity contribution < 1.29 is 24.0 Å². The minimum absolute atomic E-state index is 0.0377. The molecule has 3 aromatic carbocycles. The first-order valence-corrected chi connectivity index (χ1v) is 14.5. The second-order valence-electron chi connectivity index (χ2n) is 12.6. The number of imide groups is 2. The van der Waals surface area contributed by atoms with Crippen molar-refractivity contribution >= 4 is 29.4 Å². The Morgan fingerprint density at radius 2 is 1.32 bits per heavy atom. The Labute approximate surface area is 255 Å². The van der Waals surface area contributed by atoms with Gasteiger partial charge in [0.1, 0.15) is 0 Å². The smallest absolute Gasteiger partial charge is 0.265 e. The van der Waals surface area contributed by atoms with Crippen LogP contribution < -0.4 is 0 Å². The molecule has 44 heavy (non-hydrogen) atoms. The van der Waals surface area contributed by atoms with Crippen molar-refractivity contribution in [1.82, 2.24) is 9.80 Å². The summed E-state index contributed by atoms with van der Waals surface area (Å²) in [5.41, 5.74) is 4.99.